The highest BCUT2D eigenvalue weighted by molar-refractivity contribution is 6.02. The van der Waals surface area contributed by atoms with Gasteiger partial charge in [0.05, 0.1) is 6.04 Å². The minimum Gasteiger partial charge on any atom is -0.480 e. The molecule has 0 aromatic heterocycles. The van der Waals surface area contributed by atoms with Crippen molar-refractivity contribution in [3.63, 3.8) is 0 Å². The lowest BCUT2D eigenvalue weighted by molar-refractivity contribution is -0.152. The van der Waals surface area contributed by atoms with Crippen molar-refractivity contribution in [2.45, 2.75) is 304 Å². The molecule has 12 aliphatic rings. The van der Waals surface area contributed by atoms with Crippen LogP contribution in [0.1, 0.15) is 196 Å². The van der Waals surface area contributed by atoms with Crippen LogP contribution in [0.2, 0.25) is 0 Å². The molecular formula is C78H116N18O19. The molecule has 0 aliphatic carbocycles. The molecule has 0 spiro atoms. The van der Waals surface area contributed by atoms with Crippen molar-refractivity contribution in [1.82, 2.24) is 85.4 Å². The molecule has 12 rings (SSSR count). The zero-order chi connectivity index (χ0) is 82.7. The third-order valence-corrected chi connectivity index (χ3v) is 26.0. The quantitative estimate of drug-likeness (QED) is 0.0531. The Bertz CT molecular complexity index is 3840. The topological polar surface area (TPSA) is 453 Å². The fourth-order valence-corrected chi connectivity index (χ4v) is 20.0. The summed E-state index contributed by atoms with van der Waals surface area (Å²) in [5, 5.41) is 23.6. The van der Waals surface area contributed by atoms with E-state index in [0.717, 1.165) is 0 Å². The van der Waals surface area contributed by atoms with Crippen molar-refractivity contribution in [3.05, 3.63) is 0 Å². The van der Waals surface area contributed by atoms with Crippen LogP contribution >= 0.6 is 0 Å². The first-order chi connectivity index (χ1) is 54.9. The van der Waals surface area contributed by atoms with Crippen molar-refractivity contribution < 1.29 is 91.4 Å². The van der Waals surface area contributed by atoms with E-state index in [1.807, 2.05) is 0 Å². The lowest BCUT2D eigenvalue weighted by Gasteiger charge is -2.34. The number of nitrogens with two attached hydrogens (primary N) is 1. The molecule has 17 amide bonds. The summed E-state index contributed by atoms with van der Waals surface area (Å²) in [6.45, 7) is 11.9. The van der Waals surface area contributed by atoms with E-state index in [0.29, 0.717) is 135 Å². The van der Waals surface area contributed by atoms with Gasteiger partial charge in [0, 0.05) is 78.5 Å². The fraction of sp³-hybridized carbons (Fsp3) is 0.769. The summed E-state index contributed by atoms with van der Waals surface area (Å²) in [5.74, 6) is -9.58. The molecule has 0 bridgehead atoms. The number of hydrogen-bond acceptors (Lipinski definition) is 19. The number of nitrogens with zero attached hydrogens (tertiary/aromatic N) is 12. The Hall–Kier alpha value is -9.58. The van der Waals surface area contributed by atoms with Gasteiger partial charge in [-0.15, -0.1) is 0 Å². The van der Waals surface area contributed by atoms with Crippen molar-refractivity contribution in [1.29, 1.82) is 0 Å². The van der Waals surface area contributed by atoms with Crippen LogP contribution in [0.3, 0.4) is 0 Å². The molecule has 0 radical (unpaired) electrons. The number of carbonyl (C=O) groups is 18. The number of nitrogens with one attached hydrogen (secondary N) is 5. The van der Waals surface area contributed by atoms with Crippen LogP contribution in [0.25, 0.3) is 0 Å². The van der Waals surface area contributed by atoms with Crippen LogP contribution in [-0.4, -0.2) is 358 Å². The largest absolute Gasteiger partial charge is 0.480 e. The molecular weight excluding hydrogens is 1490 g/mol. The van der Waals surface area contributed by atoms with E-state index in [1.54, 1.807) is 6.92 Å². The number of aliphatic carboxylic acids is 1. The fourth-order valence-electron chi connectivity index (χ4n) is 20.0. The first-order valence-corrected chi connectivity index (χ1v) is 42.1. The molecule has 18 atom stereocenters. The molecule has 0 unspecified atom stereocenters. The predicted molar refractivity (Wildman–Crippen MR) is 406 cm³/mol. The highest BCUT2D eigenvalue weighted by Crippen LogP contribution is 2.34. The Kier molecular flexibility index (Phi) is 26.8. The van der Waals surface area contributed by atoms with Crippen LogP contribution in [0.5, 0.6) is 0 Å². The third kappa shape index (κ3) is 17.5. The Morgan fingerprint density at radius 1 is 0.226 bits per heavy atom. The Morgan fingerprint density at radius 2 is 0.365 bits per heavy atom. The lowest BCUT2D eigenvalue weighted by Crippen LogP contribution is -2.59. The number of carbonyl (C=O) groups excluding carboxylic acids is 17. The van der Waals surface area contributed by atoms with Gasteiger partial charge in [-0.05, 0) is 196 Å². The average molecular weight is 1610 g/mol. The highest BCUT2D eigenvalue weighted by atomic mass is 16.4. The van der Waals surface area contributed by atoms with E-state index < -0.39 is 203 Å². The van der Waals surface area contributed by atoms with Crippen LogP contribution < -0.4 is 32.3 Å². The summed E-state index contributed by atoms with van der Waals surface area (Å²) in [6.07, 6.45) is 9.66. The first-order valence-electron chi connectivity index (χ1n) is 42.1. The smallest absolute Gasteiger partial charge is 0.326 e. The second-order valence-electron chi connectivity index (χ2n) is 33.6. The molecule has 0 aromatic rings. The van der Waals surface area contributed by atoms with Gasteiger partial charge in [0.15, 0.2) is 0 Å². The van der Waals surface area contributed by atoms with Gasteiger partial charge in [0.25, 0.3) is 0 Å². The van der Waals surface area contributed by atoms with Crippen LogP contribution in [0, 0.1) is 0 Å². The summed E-state index contributed by atoms with van der Waals surface area (Å²) in [5.41, 5.74) is 5.87. The standard InChI is InChI=1S/C78H116N18O19/c1-43(79)66(102)90-36-12-24-54(90)72(108)85-31-7-19-49(85)61(97)80-44(2)67(103)91-37-13-25-55(91)73(109)86-32-8-20-50(86)62(98)81-45(3)68(104)92-38-14-26-56(92)74(110)87-33-9-21-51(87)63(99)82-46(4)69(105)93-39-15-27-57(93)75(111)88-34-10-22-52(88)64(100)83-47(5)70(106)94-40-16-28-58(94)76(112)89-35-11-23-53(89)65(101)84-48(6)71(107)95-41-17-29-59(95)77(113)96-42-18-30-60(96)78(114)115/h43-60H,7-42,79H2,1-6H3,(H,80,97)(H,81,98)(H,82,99)(H,83,100)(H,84,101)(H,114,115)/t43-,44-,45-,46-,47-,48-,49-,50-,51-,52-,53-,54-,55-,56-,57-,58-,59-,60-/m0/s1. The van der Waals surface area contributed by atoms with Gasteiger partial charge >= 0.3 is 5.97 Å². The number of likely N-dealkylation sites (tertiary alicyclic amines) is 12. The zero-order valence-corrected chi connectivity index (χ0v) is 67.1. The molecule has 632 valence electrons. The van der Waals surface area contributed by atoms with Gasteiger partial charge in [0.2, 0.25) is 100 Å². The van der Waals surface area contributed by atoms with E-state index in [-0.39, 0.29) is 109 Å². The van der Waals surface area contributed by atoms with Crippen LogP contribution in [0.15, 0.2) is 0 Å². The first kappa shape index (κ1) is 84.8. The van der Waals surface area contributed by atoms with Gasteiger partial charge in [0.1, 0.15) is 103 Å². The molecule has 115 heavy (non-hydrogen) atoms. The molecule has 12 fully saturated rings. The predicted octanol–water partition coefficient (Wildman–Crippen LogP) is -3.17. The van der Waals surface area contributed by atoms with Crippen molar-refractivity contribution in [2.75, 3.05) is 78.5 Å². The normalized spacial score (nSPS) is 29.0. The van der Waals surface area contributed by atoms with E-state index >= 15 is 0 Å². The summed E-state index contributed by atoms with van der Waals surface area (Å²) in [7, 11) is 0. The lowest BCUT2D eigenvalue weighted by atomic mass is 10.1. The van der Waals surface area contributed by atoms with Crippen molar-refractivity contribution in [2.24, 2.45) is 5.73 Å². The van der Waals surface area contributed by atoms with Crippen molar-refractivity contribution in [3.8, 4) is 0 Å². The number of rotatable bonds is 23. The minimum atomic E-state index is -1.16. The Labute approximate surface area is 669 Å². The van der Waals surface area contributed by atoms with Gasteiger partial charge in [-0.1, -0.05) is 0 Å². The Balaban J connectivity index is 0.585. The van der Waals surface area contributed by atoms with Gasteiger partial charge in [-0.2, -0.15) is 0 Å². The third-order valence-electron chi connectivity index (χ3n) is 26.0. The number of carboxylic acid groups (broad SMARTS) is 1. The maximum absolute atomic E-state index is 14.6. The molecule has 12 aliphatic heterocycles. The Morgan fingerprint density at radius 3 is 0.530 bits per heavy atom. The molecule has 0 aromatic carbocycles. The van der Waals surface area contributed by atoms with E-state index in [9.17, 15) is 91.4 Å². The maximum atomic E-state index is 14.6. The zero-order valence-electron chi connectivity index (χ0n) is 67.1. The van der Waals surface area contributed by atoms with Gasteiger partial charge in [-0.3, -0.25) is 81.5 Å². The number of carboxylic acids is 1. The number of hydrogen-bond donors (Lipinski definition) is 7. The van der Waals surface area contributed by atoms with Crippen molar-refractivity contribution >= 4 is 106 Å². The van der Waals surface area contributed by atoms with E-state index in [2.05, 4.69) is 26.6 Å². The van der Waals surface area contributed by atoms with E-state index in [1.165, 1.54) is 93.4 Å². The molecule has 37 nitrogen and oxygen atoms in total. The monoisotopic (exact) mass is 1610 g/mol. The second-order valence-corrected chi connectivity index (χ2v) is 33.6. The van der Waals surface area contributed by atoms with Gasteiger partial charge in [-0.25, -0.2) is 4.79 Å². The molecule has 12 heterocycles. The molecule has 0 saturated carbocycles. The molecule has 8 N–H and O–H groups in total. The van der Waals surface area contributed by atoms with Gasteiger partial charge < -0.3 is 96.2 Å². The van der Waals surface area contributed by atoms with Crippen LogP contribution in [-0.2, 0) is 86.3 Å². The number of amides is 17. The molecule has 12 saturated heterocycles. The van der Waals surface area contributed by atoms with E-state index in [4.69, 9.17) is 5.73 Å². The summed E-state index contributed by atoms with van der Waals surface area (Å²) < 4.78 is 0. The maximum Gasteiger partial charge on any atom is 0.326 e. The second kappa shape index (κ2) is 36.3. The SMILES string of the molecule is C[C@H](N)C(=O)N1CCC[C@H]1C(=O)N1CCC[C@H]1C(=O)N[C@@H](C)C(=O)N1CCC[C@H]1C(=O)N1CCC[C@H]1C(=O)N[C@@H](C)C(=O)N1CCC[C@H]1C(=O)N1CCC[C@H]1C(=O)N[C@@H](C)C(=O)N1CCC[C@H]1C(=O)N1CCC[C@H]1C(=O)N[C@@H](C)C(=O)N1CCC[C@H]1C(=O)N1CCC[C@H]1C(=O)N[C@@H](C)C(=O)N1CCC[C@H]1C(=O)N1CCC[C@H]1C(=O)O. The minimum absolute atomic E-state index is 0.180. The summed E-state index contributed by atoms with van der Waals surface area (Å²) in [6, 6.07) is -17.6. The summed E-state index contributed by atoms with van der Waals surface area (Å²) >= 11 is 0. The highest BCUT2D eigenvalue weighted by Gasteiger charge is 2.52. The average Bonchev–Trinajstić information content (AvgIpc) is 1.71. The summed E-state index contributed by atoms with van der Waals surface area (Å²) in [4.78, 5) is 269. The van der Waals surface area contributed by atoms with Crippen LogP contribution in [0.4, 0.5) is 0 Å². The molecule has 37 heteroatoms.